The van der Waals surface area contributed by atoms with Gasteiger partial charge in [0.2, 0.25) is 5.89 Å². The van der Waals surface area contributed by atoms with Gasteiger partial charge in [0.05, 0.1) is 6.54 Å². The largest absolute Gasteiger partial charge is 0.339 e. The van der Waals surface area contributed by atoms with Crippen LogP contribution in [-0.2, 0) is 6.54 Å². The van der Waals surface area contributed by atoms with Crippen molar-refractivity contribution in [2.75, 3.05) is 13.6 Å². The third kappa shape index (κ3) is 3.74. The van der Waals surface area contributed by atoms with Crippen LogP contribution in [-0.4, -0.2) is 28.6 Å². The summed E-state index contributed by atoms with van der Waals surface area (Å²) in [6.07, 6.45) is 4.83. The zero-order valence-corrected chi connectivity index (χ0v) is 13.5. The van der Waals surface area contributed by atoms with Crippen molar-refractivity contribution in [2.45, 2.75) is 51.0 Å². The molecule has 4 heteroatoms. The van der Waals surface area contributed by atoms with Crippen LogP contribution in [0.2, 0.25) is 0 Å². The molecule has 1 saturated carbocycles. The molecular weight excluding hydrogens is 274 g/mol. The van der Waals surface area contributed by atoms with Gasteiger partial charge < -0.3 is 4.52 Å². The number of nitrogens with zero attached hydrogens (tertiary/aromatic N) is 3. The van der Waals surface area contributed by atoms with Gasteiger partial charge >= 0.3 is 0 Å². The van der Waals surface area contributed by atoms with E-state index in [0.717, 1.165) is 31.2 Å². The van der Waals surface area contributed by atoms with E-state index >= 15 is 0 Å². The van der Waals surface area contributed by atoms with Crippen molar-refractivity contribution in [3.05, 3.63) is 47.6 Å². The number of benzene rings is 1. The summed E-state index contributed by atoms with van der Waals surface area (Å²) >= 11 is 0. The average Bonchev–Trinajstić information content (AvgIpc) is 2.91. The van der Waals surface area contributed by atoms with Gasteiger partial charge in [0.15, 0.2) is 5.82 Å². The van der Waals surface area contributed by atoms with Crippen molar-refractivity contribution in [1.82, 2.24) is 15.0 Å². The Labute approximate surface area is 132 Å². The monoisotopic (exact) mass is 299 g/mol. The van der Waals surface area contributed by atoms with Gasteiger partial charge in [-0.25, -0.2) is 0 Å². The molecule has 0 saturated heterocycles. The summed E-state index contributed by atoms with van der Waals surface area (Å²) < 4.78 is 5.38. The molecule has 4 nitrogen and oxygen atoms in total. The van der Waals surface area contributed by atoms with E-state index in [0.29, 0.717) is 11.8 Å². The molecule has 1 atom stereocenters. The minimum atomic E-state index is 0.518. The van der Waals surface area contributed by atoms with Crippen molar-refractivity contribution in [1.29, 1.82) is 0 Å². The smallest absolute Gasteiger partial charge is 0.229 e. The van der Waals surface area contributed by atoms with Crippen LogP contribution in [0.1, 0.15) is 61.7 Å². The number of rotatable bonds is 7. The topological polar surface area (TPSA) is 42.2 Å². The number of hydrogen-bond donors (Lipinski definition) is 0. The molecule has 22 heavy (non-hydrogen) atoms. The highest BCUT2D eigenvalue weighted by Gasteiger charge is 2.25. The van der Waals surface area contributed by atoms with Crippen molar-refractivity contribution in [3.63, 3.8) is 0 Å². The predicted molar refractivity (Wildman–Crippen MR) is 86.7 cm³/mol. The molecular formula is C18H25N3O. The van der Waals surface area contributed by atoms with Crippen LogP contribution < -0.4 is 0 Å². The molecule has 3 rings (SSSR count). The zero-order valence-electron chi connectivity index (χ0n) is 13.5. The zero-order chi connectivity index (χ0) is 15.4. The van der Waals surface area contributed by atoms with E-state index in [9.17, 15) is 0 Å². The van der Waals surface area contributed by atoms with Crippen LogP contribution in [0.15, 0.2) is 34.9 Å². The third-order valence-corrected chi connectivity index (χ3v) is 4.66. The Morgan fingerprint density at radius 3 is 2.73 bits per heavy atom. The molecule has 0 aliphatic heterocycles. The summed E-state index contributed by atoms with van der Waals surface area (Å²) in [7, 11) is 2.12. The summed E-state index contributed by atoms with van der Waals surface area (Å²) in [4.78, 5) is 6.81. The predicted octanol–water partition coefficient (Wildman–Crippen LogP) is 3.96. The van der Waals surface area contributed by atoms with Crippen molar-refractivity contribution < 1.29 is 4.52 Å². The fraction of sp³-hybridized carbons (Fsp3) is 0.556. The molecule has 1 aromatic heterocycles. The minimum Gasteiger partial charge on any atom is -0.339 e. The molecule has 0 radical (unpaired) electrons. The Bertz CT molecular complexity index is 577. The van der Waals surface area contributed by atoms with Gasteiger partial charge in [-0.1, -0.05) is 48.8 Å². The molecule has 0 amide bonds. The molecule has 1 aliphatic carbocycles. The van der Waals surface area contributed by atoms with E-state index in [1.165, 1.54) is 24.8 Å². The van der Waals surface area contributed by atoms with Crippen LogP contribution in [0.25, 0.3) is 0 Å². The van der Waals surface area contributed by atoms with Gasteiger partial charge in [-0.2, -0.15) is 4.98 Å². The molecule has 0 spiro atoms. The number of hydrogen-bond acceptors (Lipinski definition) is 4. The average molecular weight is 299 g/mol. The van der Waals surface area contributed by atoms with E-state index in [2.05, 4.69) is 59.3 Å². The maximum absolute atomic E-state index is 5.38. The summed E-state index contributed by atoms with van der Waals surface area (Å²) in [5.74, 6) is 2.74. The minimum absolute atomic E-state index is 0.518. The maximum Gasteiger partial charge on any atom is 0.229 e. The fourth-order valence-corrected chi connectivity index (χ4v) is 2.84. The molecule has 1 aromatic carbocycles. The Balaban J connectivity index is 1.46. The summed E-state index contributed by atoms with van der Waals surface area (Å²) in [6.45, 7) is 4.08. The molecule has 0 unspecified atom stereocenters. The fourth-order valence-electron chi connectivity index (χ4n) is 2.84. The highest BCUT2D eigenvalue weighted by molar-refractivity contribution is 5.18. The molecule has 1 aliphatic rings. The first-order chi connectivity index (χ1) is 10.7. The van der Waals surface area contributed by atoms with Gasteiger partial charge in [-0.15, -0.1) is 0 Å². The van der Waals surface area contributed by atoms with E-state index in [4.69, 9.17) is 4.52 Å². The van der Waals surface area contributed by atoms with E-state index in [1.54, 1.807) is 0 Å². The van der Waals surface area contributed by atoms with Crippen molar-refractivity contribution >= 4 is 0 Å². The van der Waals surface area contributed by atoms with Gasteiger partial charge in [-0.05, 0) is 44.3 Å². The van der Waals surface area contributed by atoms with E-state index < -0.39 is 0 Å². The van der Waals surface area contributed by atoms with Gasteiger partial charge in [0.25, 0.3) is 0 Å². The van der Waals surface area contributed by atoms with Crippen molar-refractivity contribution in [2.24, 2.45) is 0 Å². The quantitative estimate of drug-likeness (QED) is 0.776. The highest BCUT2D eigenvalue weighted by Crippen LogP contribution is 2.35. The maximum atomic E-state index is 5.38. The van der Waals surface area contributed by atoms with Crippen molar-refractivity contribution in [3.8, 4) is 0 Å². The first kappa shape index (κ1) is 15.2. The Hall–Kier alpha value is -1.68. The lowest BCUT2D eigenvalue weighted by molar-refractivity contribution is 0.280. The molecule has 1 heterocycles. The summed E-state index contributed by atoms with van der Waals surface area (Å²) in [5.41, 5.74) is 1.41. The molecule has 1 fully saturated rings. The third-order valence-electron chi connectivity index (χ3n) is 4.66. The molecule has 118 valence electrons. The van der Waals surface area contributed by atoms with Crippen LogP contribution in [0, 0.1) is 0 Å². The lowest BCUT2D eigenvalue weighted by Crippen LogP contribution is -2.21. The van der Waals surface area contributed by atoms with Crippen LogP contribution in [0.4, 0.5) is 0 Å². The Morgan fingerprint density at radius 2 is 2.05 bits per heavy atom. The molecule has 2 aromatic rings. The Morgan fingerprint density at radius 1 is 1.27 bits per heavy atom. The van der Waals surface area contributed by atoms with Gasteiger partial charge in [-0.3, -0.25) is 4.90 Å². The molecule has 0 N–H and O–H groups in total. The second-order valence-corrected chi connectivity index (χ2v) is 6.51. The lowest BCUT2D eigenvalue weighted by Gasteiger charge is -2.20. The van der Waals surface area contributed by atoms with Crippen LogP contribution >= 0.6 is 0 Å². The van der Waals surface area contributed by atoms with Gasteiger partial charge in [0, 0.05) is 5.92 Å². The van der Waals surface area contributed by atoms with Gasteiger partial charge in [0.1, 0.15) is 0 Å². The Kier molecular flexibility index (Phi) is 4.88. The van der Waals surface area contributed by atoms with E-state index in [1.807, 2.05) is 0 Å². The SMILES string of the molecule is C[C@H](CCN(C)Cc1noc(C2CCC2)n1)c1ccccc1. The van der Waals surface area contributed by atoms with Crippen LogP contribution in [0.5, 0.6) is 0 Å². The highest BCUT2D eigenvalue weighted by atomic mass is 16.5. The standard InChI is InChI=1S/C18H25N3O/c1-14(15-7-4-3-5-8-15)11-12-21(2)13-17-19-18(22-20-17)16-9-6-10-16/h3-5,7-8,14,16H,6,9-13H2,1-2H3/t14-/m1/s1. The first-order valence-corrected chi connectivity index (χ1v) is 8.28. The second-order valence-electron chi connectivity index (χ2n) is 6.51. The molecule has 0 bridgehead atoms. The first-order valence-electron chi connectivity index (χ1n) is 8.28. The second kappa shape index (κ2) is 7.05. The number of aromatic nitrogens is 2. The lowest BCUT2D eigenvalue weighted by atomic mass is 9.85. The van der Waals surface area contributed by atoms with Crippen LogP contribution in [0.3, 0.4) is 0 Å². The normalized spacial score (nSPS) is 16.7. The summed E-state index contributed by atoms with van der Waals surface area (Å²) in [5, 5.41) is 4.12. The van der Waals surface area contributed by atoms with E-state index in [-0.39, 0.29) is 0 Å². The summed E-state index contributed by atoms with van der Waals surface area (Å²) in [6, 6.07) is 10.7.